The largest absolute Gasteiger partial charge is 0.274 e. The lowest BCUT2D eigenvalue weighted by molar-refractivity contribution is -0.115. The van der Waals surface area contributed by atoms with Gasteiger partial charge in [0, 0.05) is 34.3 Å². The molecule has 0 fully saturated rings. The number of hydrogen-bond donors (Lipinski definition) is 0. The van der Waals surface area contributed by atoms with Crippen LogP contribution in [0.3, 0.4) is 0 Å². The topological polar surface area (TPSA) is 69.9 Å². The lowest BCUT2D eigenvalue weighted by Crippen LogP contribution is -2.23. The number of halogens is 3. The highest BCUT2D eigenvalue weighted by Gasteiger charge is 2.21. The van der Waals surface area contributed by atoms with Crippen molar-refractivity contribution in [3.8, 4) is 17.3 Å². The summed E-state index contributed by atoms with van der Waals surface area (Å²) in [5.74, 6) is -2.12. The van der Waals surface area contributed by atoms with E-state index in [-0.39, 0.29) is 10.8 Å². The van der Waals surface area contributed by atoms with Crippen molar-refractivity contribution in [1.29, 1.82) is 5.26 Å². The summed E-state index contributed by atoms with van der Waals surface area (Å²) < 4.78 is 27.6. The van der Waals surface area contributed by atoms with Crippen LogP contribution in [0.4, 0.5) is 19.6 Å². The summed E-state index contributed by atoms with van der Waals surface area (Å²) >= 11 is 8.33. The maximum Gasteiger partial charge on any atom is 0.230 e. The molecule has 4 rings (SSSR count). The number of nitrogens with zero attached hydrogens (tertiary/aromatic N) is 4. The van der Waals surface area contributed by atoms with Crippen LogP contribution in [-0.4, -0.2) is 15.9 Å². The Morgan fingerprint density at radius 2 is 1.88 bits per heavy atom. The van der Waals surface area contributed by atoms with E-state index in [0.717, 1.165) is 27.9 Å². The summed E-state index contributed by atoms with van der Waals surface area (Å²) in [6.45, 7) is 1.26. The number of anilines is 2. The number of allylic oxidation sites excluding steroid dienone is 1. The van der Waals surface area contributed by atoms with Crippen LogP contribution in [0.1, 0.15) is 17.6 Å². The molecule has 0 aliphatic carbocycles. The Labute approximate surface area is 200 Å². The highest BCUT2D eigenvalue weighted by Crippen LogP contribution is 2.33. The van der Waals surface area contributed by atoms with E-state index in [1.807, 2.05) is 17.5 Å². The number of carbonyl (C=O) groups is 1. The quantitative estimate of drug-likeness (QED) is 0.279. The number of carbonyl (C=O) groups excluding carboxylic acids is 1. The van der Waals surface area contributed by atoms with Gasteiger partial charge in [0.1, 0.15) is 22.7 Å². The number of thiazole rings is 2. The maximum absolute atomic E-state index is 14.3. The van der Waals surface area contributed by atoms with Gasteiger partial charge in [-0.3, -0.25) is 9.69 Å². The molecule has 2 aromatic heterocycles. The first-order valence-electron chi connectivity index (χ1n) is 9.40. The molecule has 0 spiro atoms. The lowest BCUT2D eigenvalue weighted by Gasteiger charge is -2.18. The van der Waals surface area contributed by atoms with E-state index in [1.54, 1.807) is 23.6 Å². The number of nitriles is 1. The molecule has 0 aliphatic heterocycles. The van der Waals surface area contributed by atoms with Gasteiger partial charge in [-0.05, 0) is 30.3 Å². The van der Waals surface area contributed by atoms with Crippen LogP contribution in [0, 0.1) is 23.0 Å². The molecule has 0 aliphatic rings. The van der Waals surface area contributed by atoms with Crippen molar-refractivity contribution in [3.05, 3.63) is 80.6 Å². The van der Waals surface area contributed by atoms with Gasteiger partial charge in [-0.25, -0.2) is 18.7 Å². The Morgan fingerprint density at radius 1 is 1.12 bits per heavy atom. The third kappa shape index (κ3) is 4.98. The van der Waals surface area contributed by atoms with Gasteiger partial charge < -0.3 is 0 Å². The first-order valence-corrected chi connectivity index (χ1v) is 11.5. The number of amides is 1. The molecule has 0 unspecified atom stereocenters. The summed E-state index contributed by atoms with van der Waals surface area (Å²) in [4.78, 5) is 22.1. The van der Waals surface area contributed by atoms with E-state index >= 15 is 0 Å². The SMILES string of the molecule is CC(=O)N(c1nc(/C=C(\C#N)c2nc(-c3ccc(Cl)cc3)cs2)cs1)c1ccc(F)cc1F. The highest BCUT2D eigenvalue weighted by molar-refractivity contribution is 7.14. The number of hydrogen-bond acceptors (Lipinski definition) is 6. The second-order valence-electron chi connectivity index (χ2n) is 6.72. The Balaban J connectivity index is 1.64. The molecule has 0 bridgehead atoms. The summed E-state index contributed by atoms with van der Waals surface area (Å²) in [6.07, 6.45) is 1.55. The van der Waals surface area contributed by atoms with Crippen LogP contribution in [0.2, 0.25) is 5.02 Å². The molecule has 10 heteroatoms. The van der Waals surface area contributed by atoms with Crippen molar-refractivity contribution >= 4 is 62.6 Å². The van der Waals surface area contributed by atoms with Crippen LogP contribution in [-0.2, 0) is 4.79 Å². The minimum absolute atomic E-state index is 0.109. The Kier molecular flexibility index (Phi) is 6.60. The summed E-state index contributed by atoms with van der Waals surface area (Å²) in [5, 5.41) is 14.4. The molecule has 2 heterocycles. The van der Waals surface area contributed by atoms with Crippen LogP contribution < -0.4 is 4.90 Å². The second-order valence-corrected chi connectivity index (χ2v) is 8.85. The van der Waals surface area contributed by atoms with Gasteiger partial charge >= 0.3 is 0 Å². The predicted octanol–water partition coefficient (Wildman–Crippen LogP) is 6.95. The van der Waals surface area contributed by atoms with Crippen molar-refractivity contribution in [2.45, 2.75) is 6.92 Å². The first kappa shape index (κ1) is 22.7. The summed E-state index contributed by atoms with van der Waals surface area (Å²) in [7, 11) is 0. The van der Waals surface area contributed by atoms with Gasteiger partial charge in [0.15, 0.2) is 5.13 Å². The third-order valence-corrected chi connectivity index (χ3v) is 6.43. The fourth-order valence-corrected chi connectivity index (χ4v) is 4.71. The van der Waals surface area contributed by atoms with Crippen LogP contribution in [0.5, 0.6) is 0 Å². The average Bonchev–Trinajstić information content (AvgIpc) is 3.44. The molecule has 0 radical (unpaired) electrons. The van der Waals surface area contributed by atoms with Gasteiger partial charge in [0.25, 0.3) is 0 Å². The van der Waals surface area contributed by atoms with Gasteiger partial charge in [-0.1, -0.05) is 23.7 Å². The second kappa shape index (κ2) is 9.58. The van der Waals surface area contributed by atoms with E-state index in [9.17, 15) is 18.8 Å². The third-order valence-electron chi connectivity index (χ3n) is 4.45. The monoisotopic (exact) mass is 498 g/mol. The van der Waals surface area contributed by atoms with E-state index in [0.29, 0.717) is 33.1 Å². The van der Waals surface area contributed by atoms with E-state index in [2.05, 4.69) is 16.0 Å². The predicted molar refractivity (Wildman–Crippen MR) is 127 cm³/mol. The smallest absolute Gasteiger partial charge is 0.230 e. The molecule has 1 amide bonds. The molecule has 4 aromatic rings. The Hall–Kier alpha value is -3.45. The average molecular weight is 499 g/mol. The molecular weight excluding hydrogens is 486 g/mol. The number of benzene rings is 2. The fourth-order valence-electron chi connectivity index (χ4n) is 2.96. The maximum atomic E-state index is 14.3. The fraction of sp³-hybridized carbons (Fsp3) is 0.0435. The van der Waals surface area contributed by atoms with Gasteiger partial charge in [0.05, 0.1) is 22.6 Å². The van der Waals surface area contributed by atoms with Gasteiger partial charge in [-0.2, -0.15) is 5.26 Å². The first-order chi connectivity index (χ1) is 15.9. The zero-order valence-corrected chi connectivity index (χ0v) is 19.3. The van der Waals surface area contributed by atoms with Gasteiger partial charge in [0.2, 0.25) is 5.91 Å². The van der Waals surface area contributed by atoms with E-state index in [4.69, 9.17) is 11.6 Å². The lowest BCUT2D eigenvalue weighted by atomic mass is 10.2. The normalized spacial score (nSPS) is 11.3. The van der Waals surface area contributed by atoms with Crippen molar-refractivity contribution in [2.75, 3.05) is 4.90 Å². The molecule has 0 N–H and O–H groups in total. The molecule has 5 nitrogen and oxygen atoms in total. The zero-order valence-electron chi connectivity index (χ0n) is 16.9. The van der Waals surface area contributed by atoms with Crippen molar-refractivity contribution in [1.82, 2.24) is 9.97 Å². The van der Waals surface area contributed by atoms with Crippen molar-refractivity contribution < 1.29 is 13.6 Å². The number of aromatic nitrogens is 2. The summed E-state index contributed by atoms with van der Waals surface area (Å²) in [6, 6.07) is 12.3. The number of rotatable bonds is 5. The summed E-state index contributed by atoms with van der Waals surface area (Å²) in [5.41, 5.74) is 2.17. The highest BCUT2D eigenvalue weighted by atomic mass is 35.5. The molecular formula is C23H13ClF2N4OS2. The molecule has 0 saturated carbocycles. The minimum atomic E-state index is -0.882. The van der Waals surface area contributed by atoms with Crippen molar-refractivity contribution in [3.63, 3.8) is 0 Å². The molecule has 164 valence electrons. The molecule has 0 atom stereocenters. The minimum Gasteiger partial charge on any atom is -0.274 e. The Bertz CT molecular complexity index is 1410. The van der Waals surface area contributed by atoms with Crippen molar-refractivity contribution in [2.24, 2.45) is 0 Å². The van der Waals surface area contributed by atoms with Gasteiger partial charge in [-0.15, -0.1) is 22.7 Å². The standard InChI is InChI=1S/C23H13ClF2N4OS2/c1-13(31)30(21-7-6-17(25)9-19(21)26)23-28-18(11-33-23)8-15(10-27)22-29-20(12-32-22)14-2-4-16(24)5-3-14/h2-9,11-12H,1H3/b15-8+. The molecule has 0 saturated heterocycles. The van der Waals surface area contributed by atoms with E-state index in [1.165, 1.54) is 24.3 Å². The van der Waals surface area contributed by atoms with Crippen LogP contribution >= 0.6 is 34.3 Å². The van der Waals surface area contributed by atoms with Crippen LogP contribution in [0.15, 0.2) is 53.2 Å². The van der Waals surface area contributed by atoms with Crippen LogP contribution in [0.25, 0.3) is 22.9 Å². The molecule has 33 heavy (non-hydrogen) atoms. The zero-order chi connectivity index (χ0) is 23.5. The molecule has 2 aromatic carbocycles. The van der Waals surface area contributed by atoms with E-state index < -0.39 is 17.5 Å². The Morgan fingerprint density at radius 3 is 2.55 bits per heavy atom.